The molecule has 84 valence electrons. The van der Waals surface area contributed by atoms with Crippen LogP contribution in [0.2, 0.25) is 0 Å². The molecule has 1 rings (SSSR count). The molecular formula is C13H21NO. The number of carbonyl (C=O) groups excluding carboxylic acids is 1. The number of nitrogens with zero attached hydrogens (tertiary/aromatic N) is 1. The standard InChI is InChI=1S/C13H21NO/c1-6-11-7-8-12(15)14(11)13(4,5)9-10(2)3/h6-8,10-11H,1,9H2,2-5H3. The summed E-state index contributed by atoms with van der Waals surface area (Å²) in [5.74, 6) is 0.685. The van der Waals surface area contributed by atoms with Crippen LogP contribution in [0.1, 0.15) is 34.1 Å². The number of amides is 1. The second kappa shape index (κ2) is 4.21. The molecule has 0 aliphatic carbocycles. The summed E-state index contributed by atoms with van der Waals surface area (Å²) in [6.45, 7) is 12.4. The quantitative estimate of drug-likeness (QED) is 0.649. The molecule has 0 fully saturated rings. The number of rotatable bonds is 4. The predicted octanol–water partition coefficient (Wildman–Crippen LogP) is 2.76. The van der Waals surface area contributed by atoms with E-state index in [0.29, 0.717) is 5.92 Å². The Bertz CT molecular complexity index is 289. The average molecular weight is 207 g/mol. The largest absolute Gasteiger partial charge is 0.324 e. The van der Waals surface area contributed by atoms with E-state index in [9.17, 15) is 4.79 Å². The fourth-order valence-corrected chi connectivity index (χ4v) is 2.48. The Labute approximate surface area is 92.7 Å². The number of hydrogen-bond acceptors (Lipinski definition) is 1. The molecule has 0 N–H and O–H groups in total. The van der Waals surface area contributed by atoms with E-state index >= 15 is 0 Å². The highest BCUT2D eigenvalue weighted by atomic mass is 16.2. The Kier molecular flexibility index (Phi) is 3.38. The Morgan fingerprint density at radius 1 is 1.60 bits per heavy atom. The molecule has 0 spiro atoms. The van der Waals surface area contributed by atoms with Crippen molar-refractivity contribution in [3.8, 4) is 0 Å². The molecule has 0 saturated heterocycles. The van der Waals surface area contributed by atoms with Gasteiger partial charge in [0, 0.05) is 11.6 Å². The van der Waals surface area contributed by atoms with Gasteiger partial charge in [0.25, 0.3) is 0 Å². The van der Waals surface area contributed by atoms with Gasteiger partial charge in [-0.15, -0.1) is 6.58 Å². The minimum atomic E-state index is -0.104. The third-order valence-electron chi connectivity index (χ3n) is 2.77. The van der Waals surface area contributed by atoms with Crippen LogP contribution in [-0.4, -0.2) is 22.4 Å². The van der Waals surface area contributed by atoms with Crippen molar-refractivity contribution in [3.63, 3.8) is 0 Å². The van der Waals surface area contributed by atoms with Crippen LogP contribution in [-0.2, 0) is 4.79 Å². The molecule has 15 heavy (non-hydrogen) atoms. The van der Waals surface area contributed by atoms with Crippen molar-refractivity contribution < 1.29 is 4.79 Å². The lowest BCUT2D eigenvalue weighted by Gasteiger charge is -2.40. The fraction of sp³-hybridized carbons (Fsp3) is 0.615. The molecule has 0 bridgehead atoms. The zero-order chi connectivity index (χ0) is 11.6. The van der Waals surface area contributed by atoms with E-state index in [0.717, 1.165) is 6.42 Å². The summed E-state index contributed by atoms with van der Waals surface area (Å²) in [5, 5.41) is 0. The van der Waals surface area contributed by atoms with E-state index in [1.165, 1.54) is 0 Å². The van der Waals surface area contributed by atoms with Crippen LogP contribution in [0.25, 0.3) is 0 Å². The maximum atomic E-state index is 11.8. The van der Waals surface area contributed by atoms with Gasteiger partial charge in [-0.3, -0.25) is 4.79 Å². The molecule has 1 unspecified atom stereocenters. The summed E-state index contributed by atoms with van der Waals surface area (Å²) in [6.07, 6.45) is 6.39. The molecule has 1 amide bonds. The van der Waals surface area contributed by atoms with Crippen molar-refractivity contribution in [2.75, 3.05) is 0 Å². The molecule has 0 aromatic carbocycles. The molecule has 0 radical (unpaired) electrons. The monoisotopic (exact) mass is 207 g/mol. The van der Waals surface area contributed by atoms with Crippen LogP contribution >= 0.6 is 0 Å². The maximum Gasteiger partial charge on any atom is 0.247 e. The van der Waals surface area contributed by atoms with Gasteiger partial charge in [-0.05, 0) is 26.2 Å². The van der Waals surface area contributed by atoms with Gasteiger partial charge in [0.1, 0.15) is 0 Å². The van der Waals surface area contributed by atoms with Crippen LogP contribution in [0, 0.1) is 5.92 Å². The first kappa shape index (κ1) is 12.0. The molecular weight excluding hydrogens is 186 g/mol. The van der Waals surface area contributed by atoms with E-state index in [-0.39, 0.29) is 17.5 Å². The molecule has 0 saturated carbocycles. The smallest absolute Gasteiger partial charge is 0.247 e. The van der Waals surface area contributed by atoms with Gasteiger partial charge in [0.15, 0.2) is 0 Å². The van der Waals surface area contributed by atoms with Crippen molar-refractivity contribution in [2.24, 2.45) is 5.92 Å². The summed E-state index contributed by atoms with van der Waals surface area (Å²) < 4.78 is 0. The van der Waals surface area contributed by atoms with Crippen molar-refractivity contribution in [1.29, 1.82) is 0 Å². The van der Waals surface area contributed by atoms with Gasteiger partial charge in [-0.1, -0.05) is 26.0 Å². The second-order valence-electron chi connectivity index (χ2n) is 5.20. The van der Waals surface area contributed by atoms with E-state index in [1.54, 1.807) is 6.08 Å². The Balaban J connectivity index is 2.85. The first-order chi connectivity index (χ1) is 6.88. The van der Waals surface area contributed by atoms with Crippen molar-refractivity contribution in [1.82, 2.24) is 4.90 Å². The SMILES string of the molecule is C=CC1C=CC(=O)N1C(C)(C)CC(C)C. The Morgan fingerprint density at radius 3 is 2.67 bits per heavy atom. The summed E-state index contributed by atoms with van der Waals surface area (Å²) >= 11 is 0. The molecule has 0 aromatic rings. The number of carbonyl (C=O) groups is 1. The Morgan fingerprint density at radius 2 is 2.20 bits per heavy atom. The molecule has 2 nitrogen and oxygen atoms in total. The van der Waals surface area contributed by atoms with Crippen molar-refractivity contribution in [2.45, 2.75) is 45.7 Å². The summed E-state index contributed by atoms with van der Waals surface area (Å²) in [6, 6.07) is 0.0613. The summed E-state index contributed by atoms with van der Waals surface area (Å²) in [7, 11) is 0. The highest BCUT2D eigenvalue weighted by Gasteiger charge is 2.36. The number of hydrogen-bond donors (Lipinski definition) is 0. The lowest BCUT2D eigenvalue weighted by molar-refractivity contribution is -0.131. The van der Waals surface area contributed by atoms with Gasteiger partial charge in [0.05, 0.1) is 6.04 Å². The van der Waals surface area contributed by atoms with Crippen LogP contribution in [0.15, 0.2) is 24.8 Å². The zero-order valence-electron chi connectivity index (χ0n) is 10.2. The Hall–Kier alpha value is -1.05. The van der Waals surface area contributed by atoms with Gasteiger partial charge < -0.3 is 4.90 Å². The summed E-state index contributed by atoms with van der Waals surface area (Å²) in [5.41, 5.74) is -0.104. The third-order valence-corrected chi connectivity index (χ3v) is 2.77. The molecule has 1 aliphatic heterocycles. The predicted molar refractivity (Wildman–Crippen MR) is 63.5 cm³/mol. The highest BCUT2D eigenvalue weighted by Crippen LogP contribution is 2.29. The van der Waals surface area contributed by atoms with Crippen LogP contribution in [0.4, 0.5) is 0 Å². The first-order valence-corrected chi connectivity index (χ1v) is 5.52. The van der Waals surface area contributed by atoms with Gasteiger partial charge in [0.2, 0.25) is 5.91 Å². The van der Waals surface area contributed by atoms with E-state index < -0.39 is 0 Å². The fourth-order valence-electron chi connectivity index (χ4n) is 2.48. The van der Waals surface area contributed by atoms with Gasteiger partial charge in [-0.2, -0.15) is 0 Å². The minimum absolute atomic E-state index is 0.0613. The first-order valence-electron chi connectivity index (χ1n) is 5.52. The molecule has 1 heterocycles. The lowest BCUT2D eigenvalue weighted by Crippen LogP contribution is -2.49. The van der Waals surface area contributed by atoms with E-state index in [2.05, 4.69) is 34.3 Å². The molecule has 2 heteroatoms. The lowest BCUT2D eigenvalue weighted by atomic mass is 9.90. The van der Waals surface area contributed by atoms with E-state index in [1.807, 2.05) is 17.1 Å². The van der Waals surface area contributed by atoms with Crippen LogP contribution < -0.4 is 0 Å². The maximum absolute atomic E-state index is 11.8. The van der Waals surface area contributed by atoms with E-state index in [4.69, 9.17) is 0 Å². The molecule has 1 aliphatic rings. The van der Waals surface area contributed by atoms with Crippen LogP contribution in [0.3, 0.4) is 0 Å². The van der Waals surface area contributed by atoms with Gasteiger partial charge >= 0.3 is 0 Å². The zero-order valence-corrected chi connectivity index (χ0v) is 10.2. The molecule has 0 aromatic heterocycles. The summed E-state index contributed by atoms with van der Waals surface area (Å²) in [4.78, 5) is 13.7. The normalized spacial score (nSPS) is 21.5. The second-order valence-corrected chi connectivity index (χ2v) is 5.20. The highest BCUT2D eigenvalue weighted by molar-refractivity contribution is 5.91. The topological polar surface area (TPSA) is 20.3 Å². The van der Waals surface area contributed by atoms with Crippen molar-refractivity contribution in [3.05, 3.63) is 24.8 Å². The molecule has 1 atom stereocenters. The minimum Gasteiger partial charge on any atom is -0.324 e. The van der Waals surface area contributed by atoms with Gasteiger partial charge in [-0.25, -0.2) is 0 Å². The van der Waals surface area contributed by atoms with Crippen LogP contribution in [0.5, 0.6) is 0 Å². The average Bonchev–Trinajstić information content (AvgIpc) is 2.44. The third kappa shape index (κ3) is 2.49. The van der Waals surface area contributed by atoms with Crippen molar-refractivity contribution >= 4 is 5.91 Å².